The van der Waals surface area contributed by atoms with Crippen molar-refractivity contribution in [2.24, 2.45) is 7.05 Å². The number of nitrogens with one attached hydrogen (secondary N) is 1. The first kappa shape index (κ1) is 16.0. The van der Waals surface area contributed by atoms with Crippen LogP contribution in [-0.4, -0.2) is 31.8 Å². The standard InChI is InChI=1S/C16H19ClN4O2/c1-21-14(13(17)10-19-21)15(22)20-12-4-6-16(23,7-5-12)11-3-2-8-18-9-11/h2-3,8-10,12,23H,4-7H2,1H3,(H,20,22). The van der Waals surface area contributed by atoms with E-state index in [1.807, 2.05) is 12.1 Å². The topological polar surface area (TPSA) is 80.0 Å². The first-order valence-corrected chi connectivity index (χ1v) is 7.99. The average Bonchev–Trinajstić information content (AvgIpc) is 2.89. The van der Waals surface area contributed by atoms with Crippen LogP contribution in [0.3, 0.4) is 0 Å². The highest BCUT2D eigenvalue weighted by Gasteiger charge is 2.35. The molecule has 0 spiro atoms. The van der Waals surface area contributed by atoms with Crippen LogP contribution in [0.4, 0.5) is 0 Å². The molecule has 1 amide bonds. The second-order valence-electron chi connectivity index (χ2n) is 5.99. The summed E-state index contributed by atoms with van der Waals surface area (Å²) in [6.07, 6.45) is 7.42. The summed E-state index contributed by atoms with van der Waals surface area (Å²) in [4.78, 5) is 16.4. The van der Waals surface area contributed by atoms with Crippen molar-refractivity contribution >= 4 is 17.5 Å². The Morgan fingerprint density at radius 1 is 1.43 bits per heavy atom. The highest BCUT2D eigenvalue weighted by molar-refractivity contribution is 6.33. The number of hydrogen-bond acceptors (Lipinski definition) is 4. The first-order chi connectivity index (χ1) is 11.0. The Kier molecular flexibility index (Phi) is 4.37. The van der Waals surface area contributed by atoms with Gasteiger partial charge in [0.2, 0.25) is 0 Å². The van der Waals surface area contributed by atoms with Crippen LogP contribution in [0.15, 0.2) is 30.7 Å². The van der Waals surface area contributed by atoms with Gasteiger partial charge in [0.25, 0.3) is 5.91 Å². The van der Waals surface area contributed by atoms with Gasteiger partial charge in [0.15, 0.2) is 0 Å². The molecule has 1 fully saturated rings. The average molecular weight is 335 g/mol. The highest BCUT2D eigenvalue weighted by atomic mass is 35.5. The van der Waals surface area contributed by atoms with Crippen LogP contribution in [0.5, 0.6) is 0 Å². The predicted octanol–water partition coefficient (Wildman–Crippen LogP) is 2.03. The summed E-state index contributed by atoms with van der Waals surface area (Å²) in [5, 5.41) is 18.1. The number of carbonyl (C=O) groups is 1. The van der Waals surface area contributed by atoms with Crippen LogP contribution < -0.4 is 5.32 Å². The molecule has 0 aromatic carbocycles. The van der Waals surface area contributed by atoms with E-state index in [0.717, 1.165) is 5.56 Å². The lowest BCUT2D eigenvalue weighted by Gasteiger charge is -2.36. The number of aryl methyl sites for hydroxylation is 1. The molecule has 1 aliphatic rings. The number of amides is 1. The second kappa shape index (κ2) is 6.29. The molecule has 2 aromatic rings. The normalized spacial score (nSPS) is 24.4. The molecule has 7 heteroatoms. The van der Waals surface area contributed by atoms with Crippen LogP contribution in [0.1, 0.15) is 41.7 Å². The molecule has 1 saturated carbocycles. The van der Waals surface area contributed by atoms with E-state index in [0.29, 0.717) is 36.4 Å². The number of aliphatic hydroxyl groups is 1. The fraction of sp³-hybridized carbons (Fsp3) is 0.438. The number of hydrogen-bond donors (Lipinski definition) is 2. The third-order valence-electron chi connectivity index (χ3n) is 4.46. The zero-order valence-corrected chi connectivity index (χ0v) is 13.6. The Morgan fingerprint density at radius 2 is 2.17 bits per heavy atom. The van der Waals surface area contributed by atoms with E-state index in [1.165, 1.54) is 10.9 Å². The minimum absolute atomic E-state index is 0.0189. The van der Waals surface area contributed by atoms with Gasteiger partial charge < -0.3 is 10.4 Å². The molecule has 0 bridgehead atoms. The summed E-state index contributed by atoms with van der Waals surface area (Å²) in [5.41, 5.74) is 0.332. The van der Waals surface area contributed by atoms with Gasteiger partial charge in [0, 0.05) is 31.0 Å². The molecule has 0 aliphatic heterocycles. The Hall–Kier alpha value is -1.92. The number of pyridine rings is 1. The van der Waals surface area contributed by atoms with Gasteiger partial charge >= 0.3 is 0 Å². The van der Waals surface area contributed by atoms with Gasteiger partial charge in [-0.25, -0.2) is 0 Å². The van der Waals surface area contributed by atoms with Gasteiger partial charge in [-0.3, -0.25) is 14.5 Å². The zero-order valence-electron chi connectivity index (χ0n) is 12.9. The molecule has 0 atom stereocenters. The molecular weight excluding hydrogens is 316 g/mol. The smallest absolute Gasteiger partial charge is 0.271 e. The predicted molar refractivity (Wildman–Crippen MR) is 86.1 cm³/mol. The van der Waals surface area contributed by atoms with E-state index in [4.69, 9.17) is 11.6 Å². The van der Waals surface area contributed by atoms with Crippen molar-refractivity contribution < 1.29 is 9.90 Å². The van der Waals surface area contributed by atoms with E-state index in [2.05, 4.69) is 15.4 Å². The Bertz CT molecular complexity index is 674. The molecule has 0 saturated heterocycles. The number of carbonyl (C=O) groups excluding carboxylic acids is 1. The van der Waals surface area contributed by atoms with Crippen LogP contribution >= 0.6 is 11.6 Å². The summed E-state index contributed by atoms with van der Waals surface area (Å²) in [5.74, 6) is -0.230. The fourth-order valence-electron chi connectivity index (χ4n) is 3.09. The molecule has 23 heavy (non-hydrogen) atoms. The molecule has 0 radical (unpaired) electrons. The molecule has 2 aromatic heterocycles. The van der Waals surface area contributed by atoms with Crippen molar-refractivity contribution in [3.8, 4) is 0 Å². The number of rotatable bonds is 3. The van der Waals surface area contributed by atoms with Gasteiger partial charge in [-0.15, -0.1) is 0 Å². The maximum atomic E-state index is 12.3. The van der Waals surface area contributed by atoms with E-state index in [-0.39, 0.29) is 11.9 Å². The fourth-order valence-corrected chi connectivity index (χ4v) is 3.34. The van der Waals surface area contributed by atoms with Crippen LogP contribution in [-0.2, 0) is 12.6 Å². The van der Waals surface area contributed by atoms with E-state index >= 15 is 0 Å². The Labute approximate surface area is 139 Å². The summed E-state index contributed by atoms with van der Waals surface area (Å²) in [6.45, 7) is 0. The van der Waals surface area contributed by atoms with Gasteiger partial charge in [-0.2, -0.15) is 5.10 Å². The van der Waals surface area contributed by atoms with E-state index in [9.17, 15) is 9.90 Å². The molecular formula is C16H19ClN4O2. The first-order valence-electron chi connectivity index (χ1n) is 7.61. The number of nitrogens with zero attached hydrogens (tertiary/aromatic N) is 3. The largest absolute Gasteiger partial charge is 0.385 e. The molecule has 1 aliphatic carbocycles. The van der Waals surface area contributed by atoms with Crippen molar-refractivity contribution in [3.63, 3.8) is 0 Å². The van der Waals surface area contributed by atoms with Crippen molar-refractivity contribution in [2.75, 3.05) is 0 Å². The van der Waals surface area contributed by atoms with Crippen molar-refractivity contribution in [1.82, 2.24) is 20.1 Å². The lowest BCUT2D eigenvalue weighted by atomic mass is 9.78. The maximum absolute atomic E-state index is 12.3. The lowest BCUT2D eigenvalue weighted by Crippen LogP contribution is -2.42. The monoisotopic (exact) mass is 334 g/mol. The summed E-state index contributed by atoms with van der Waals surface area (Å²) >= 11 is 5.99. The minimum Gasteiger partial charge on any atom is -0.385 e. The molecule has 122 valence electrons. The highest BCUT2D eigenvalue weighted by Crippen LogP contribution is 2.36. The van der Waals surface area contributed by atoms with E-state index < -0.39 is 5.60 Å². The van der Waals surface area contributed by atoms with Gasteiger partial charge in [0.05, 0.1) is 16.8 Å². The zero-order chi connectivity index (χ0) is 16.4. The van der Waals surface area contributed by atoms with Gasteiger partial charge in [-0.05, 0) is 31.7 Å². The summed E-state index contributed by atoms with van der Waals surface area (Å²) in [7, 11) is 1.68. The lowest BCUT2D eigenvalue weighted by molar-refractivity contribution is -0.00835. The molecule has 6 nitrogen and oxygen atoms in total. The van der Waals surface area contributed by atoms with Crippen molar-refractivity contribution in [1.29, 1.82) is 0 Å². The third kappa shape index (κ3) is 3.23. The van der Waals surface area contributed by atoms with Crippen LogP contribution in [0, 0.1) is 0 Å². The van der Waals surface area contributed by atoms with E-state index in [1.54, 1.807) is 19.4 Å². The minimum atomic E-state index is -0.861. The molecule has 0 unspecified atom stereocenters. The SMILES string of the molecule is Cn1ncc(Cl)c1C(=O)NC1CCC(O)(c2cccnc2)CC1. The Morgan fingerprint density at radius 3 is 2.74 bits per heavy atom. The van der Waals surface area contributed by atoms with Gasteiger partial charge in [-0.1, -0.05) is 17.7 Å². The van der Waals surface area contributed by atoms with Crippen LogP contribution in [0.2, 0.25) is 5.02 Å². The number of halogens is 1. The molecule has 2 N–H and O–H groups in total. The van der Waals surface area contributed by atoms with Crippen LogP contribution in [0.25, 0.3) is 0 Å². The molecule has 2 heterocycles. The van der Waals surface area contributed by atoms with Gasteiger partial charge in [0.1, 0.15) is 5.69 Å². The van der Waals surface area contributed by atoms with Crippen molar-refractivity contribution in [2.45, 2.75) is 37.3 Å². The summed E-state index contributed by atoms with van der Waals surface area (Å²) in [6, 6.07) is 3.73. The Balaban J connectivity index is 1.63. The molecule has 3 rings (SSSR count). The third-order valence-corrected chi connectivity index (χ3v) is 4.73. The number of aromatic nitrogens is 3. The quantitative estimate of drug-likeness (QED) is 0.900. The van der Waals surface area contributed by atoms with Crippen molar-refractivity contribution in [3.05, 3.63) is 47.0 Å². The summed E-state index contributed by atoms with van der Waals surface area (Å²) < 4.78 is 1.46. The second-order valence-corrected chi connectivity index (χ2v) is 6.39. The maximum Gasteiger partial charge on any atom is 0.271 e.